The molecular formula is C18H15N3O2S. The quantitative estimate of drug-likeness (QED) is 0.625. The molecule has 0 unspecified atom stereocenters. The second kappa shape index (κ2) is 7.66. The van der Waals surface area contributed by atoms with E-state index in [1.807, 2.05) is 49.4 Å². The second-order valence-electron chi connectivity index (χ2n) is 4.89. The van der Waals surface area contributed by atoms with Gasteiger partial charge in [0.05, 0.1) is 18.2 Å². The minimum atomic E-state index is 0.467. The summed E-state index contributed by atoms with van der Waals surface area (Å²) < 4.78 is 11.1. The number of ether oxygens (including phenoxy) is 1. The van der Waals surface area contributed by atoms with Gasteiger partial charge in [0.1, 0.15) is 5.75 Å². The number of aromatic nitrogens is 2. The van der Waals surface area contributed by atoms with Gasteiger partial charge in [-0.3, -0.25) is 0 Å². The minimum absolute atomic E-state index is 0.467. The van der Waals surface area contributed by atoms with Crippen molar-refractivity contribution >= 4 is 11.8 Å². The van der Waals surface area contributed by atoms with E-state index in [9.17, 15) is 0 Å². The van der Waals surface area contributed by atoms with Gasteiger partial charge in [0.2, 0.25) is 5.89 Å². The molecule has 120 valence electrons. The summed E-state index contributed by atoms with van der Waals surface area (Å²) >= 11 is 1.41. The number of hydrogen-bond acceptors (Lipinski definition) is 6. The molecule has 0 saturated heterocycles. The first-order chi connectivity index (χ1) is 11.8. The lowest BCUT2D eigenvalue weighted by molar-refractivity contribution is 0.340. The van der Waals surface area contributed by atoms with E-state index < -0.39 is 0 Å². The Bertz CT molecular complexity index is 853. The van der Waals surface area contributed by atoms with Gasteiger partial charge in [-0.2, -0.15) is 5.26 Å². The summed E-state index contributed by atoms with van der Waals surface area (Å²) in [6.45, 7) is 2.57. The Hall–Kier alpha value is -2.78. The highest BCUT2D eigenvalue weighted by Crippen LogP contribution is 2.27. The van der Waals surface area contributed by atoms with Crippen LogP contribution in [-0.4, -0.2) is 16.8 Å². The van der Waals surface area contributed by atoms with E-state index in [4.69, 9.17) is 14.4 Å². The van der Waals surface area contributed by atoms with Crippen molar-refractivity contribution in [2.24, 2.45) is 0 Å². The molecule has 1 aromatic heterocycles. The molecule has 0 aliphatic heterocycles. The smallest absolute Gasteiger partial charge is 0.277 e. The Labute approximate surface area is 144 Å². The summed E-state index contributed by atoms with van der Waals surface area (Å²) in [6, 6.07) is 17.2. The van der Waals surface area contributed by atoms with Crippen molar-refractivity contribution in [3.63, 3.8) is 0 Å². The van der Waals surface area contributed by atoms with Crippen LogP contribution in [0.4, 0.5) is 0 Å². The van der Waals surface area contributed by atoms with Gasteiger partial charge >= 0.3 is 0 Å². The maximum atomic E-state index is 9.11. The van der Waals surface area contributed by atoms with Crippen LogP contribution in [0.15, 0.2) is 58.2 Å². The summed E-state index contributed by atoms with van der Waals surface area (Å²) in [4.78, 5) is 0. The molecule has 0 aliphatic carbocycles. The highest BCUT2D eigenvalue weighted by Gasteiger charge is 2.10. The largest absolute Gasteiger partial charge is 0.494 e. The van der Waals surface area contributed by atoms with Gasteiger partial charge < -0.3 is 9.15 Å². The van der Waals surface area contributed by atoms with E-state index >= 15 is 0 Å². The minimum Gasteiger partial charge on any atom is -0.494 e. The van der Waals surface area contributed by atoms with Gasteiger partial charge in [0, 0.05) is 11.3 Å². The van der Waals surface area contributed by atoms with Gasteiger partial charge in [-0.05, 0) is 42.8 Å². The second-order valence-corrected chi connectivity index (χ2v) is 5.81. The first-order valence-corrected chi connectivity index (χ1v) is 8.46. The lowest BCUT2D eigenvalue weighted by atomic mass is 10.1. The van der Waals surface area contributed by atoms with Gasteiger partial charge in [-0.15, -0.1) is 10.2 Å². The van der Waals surface area contributed by atoms with Crippen molar-refractivity contribution < 1.29 is 9.15 Å². The van der Waals surface area contributed by atoms with E-state index in [0.29, 0.717) is 29.0 Å². The van der Waals surface area contributed by atoms with Crippen molar-refractivity contribution in [1.82, 2.24) is 10.2 Å². The Morgan fingerprint density at radius 3 is 2.67 bits per heavy atom. The fraction of sp³-hybridized carbons (Fsp3) is 0.167. The predicted octanol–water partition coefficient (Wildman–Crippen LogP) is 4.30. The third kappa shape index (κ3) is 3.76. The van der Waals surface area contributed by atoms with Crippen LogP contribution in [0.2, 0.25) is 0 Å². The molecule has 0 atom stereocenters. The number of nitrogens with zero attached hydrogens (tertiary/aromatic N) is 3. The average Bonchev–Trinajstić information content (AvgIpc) is 3.10. The van der Waals surface area contributed by atoms with Crippen LogP contribution in [0.3, 0.4) is 0 Å². The Morgan fingerprint density at radius 2 is 1.92 bits per heavy atom. The summed E-state index contributed by atoms with van der Waals surface area (Å²) in [7, 11) is 0. The zero-order chi connectivity index (χ0) is 16.8. The topological polar surface area (TPSA) is 71.9 Å². The first kappa shape index (κ1) is 16.1. The molecule has 2 aromatic carbocycles. The SMILES string of the molecule is CCOc1ccc(-c2nnc(SCc3ccccc3C#N)o2)cc1. The van der Waals surface area contributed by atoms with E-state index in [2.05, 4.69) is 16.3 Å². The van der Waals surface area contributed by atoms with Crippen LogP contribution < -0.4 is 4.74 Å². The average molecular weight is 337 g/mol. The molecule has 0 fully saturated rings. The zero-order valence-electron chi connectivity index (χ0n) is 13.1. The molecule has 5 nitrogen and oxygen atoms in total. The van der Waals surface area contributed by atoms with E-state index in [1.165, 1.54) is 11.8 Å². The van der Waals surface area contributed by atoms with Crippen LogP contribution in [0, 0.1) is 11.3 Å². The third-order valence-corrected chi connectivity index (χ3v) is 4.17. The molecular weight excluding hydrogens is 322 g/mol. The Balaban J connectivity index is 1.68. The standard InChI is InChI=1S/C18H15N3O2S/c1-2-22-16-9-7-13(8-10-16)17-20-21-18(23-17)24-12-15-6-4-3-5-14(15)11-19/h3-10H,2,12H2,1H3. The van der Waals surface area contributed by atoms with Crippen molar-refractivity contribution in [3.05, 3.63) is 59.7 Å². The molecule has 24 heavy (non-hydrogen) atoms. The number of rotatable bonds is 6. The molecule has 0 radical (unpaired) electrons. The molecule has 0 bridgehead atoms. The Morgan fingerprint density at radius 1 is 1.12 bits per heavy atom. The highest BCUT2D eigenvalue weighted by atomic mass is 32.2. The number of benzene rings is 2. The number of nitriles is 1. The summed E-state index contributed by atoms with van der Waals surface area (Å²) in [5.41, 5.74) is 2.46. The van der Waals surface area contributed by atoms with Crippen LogP contribution >= 0.6 is 11.8 Å². The summed E-state index contributed by atoms with van der Waals surface area (Å²) in [6.07, 6.45) is 0. The number of hydrogen-bond donors (Lipinski definition) is 0. The van der Waals surface area contributed by atoms with Crippen molar-refractivity contribution in [3.8, 4) is 23.3 Å². The number of thioether (sulfide) groups is 1. The van der Waals surface area contributed by atoms with Crippen LogP contribution in [-0.2, 0) is 5.75 Å². The molecule has 0 aliphatic rings. The van der Waals surface area contributed by atoms with Gasteiger partial charge in [-0.25, -0.2) is 0 Å². The predicted molar refractivity (Wildman–Crippen MR) is 91.6 cm³/mol. The zero-order valence-corrected chi connectivity index (χ0v) is 13.9. The van der Waals surface area contributed by atoms with Crippen molar-refractivity contribution in [1.29, 1.82) is 5.26 Å². The molecule has 3 rings (SSSR count). The normalized spacial score (nSPS) is 10.3. The third-order valence-electron chi connectivity index (χ3n) is 3.31. The molecule has 0 saturated carbocycles. The maximum Gasteiger partial charge on any atom is 0.277 e. The van der Waals surface area contributed by atoms with Crippen molar-refractivity contribution in [2.45, 2.75) is 17.9 Å². The lowest BCUT2D eigenvalue weighted by Crippen LogP contribution is -1.90. The van der Waals surface area contributed by atoms with E-state index in [0.717, 1.165) is 16.9 Å². The van der Waals surface area contributed by atoms with Crippen LogP contribution in [0.1, 0.15) is 18.1 Å². The van der Waals surface area contributed by atoms with Gasteiger partial charge in [0.25, 0.3) is 5.22 Å². The molecule has 1 heterocycles. The van der Waals surface area contributed by atoms with E-state index in [1.54, 1.807) is 6.07 Å². The van der Waals surface area contributed by atoms with Gasteiger partial charge in [0.15, 0.2) is 0 Å². The molecule has 6 heteroatoms. The fourth-order valence-electron chi connectivity index (χ4n) is 2.14. The molecule has 0 N–H and O–H groups in total. The van der Waals surface area contributed by atoms with Gasteiger partial charge in [-0.1, -0.05) is 30.0 Å². The van der Waals surface area contributed by atoms with Crippen molar-refractivity contribution in [2.75, 3.05) is 6.61 Å². The summed E-state index contributed by atoms with van der Waals surface area (Å²) in [5.74, 6) is 1.88. The fourth-order valence-corrected chi connectivity index (χ4v) is 2.91. The van der Waals surface area contributed by atoms with E-state index in [-0.39, 0.29) is 0 Å². The first-order valence-electron chi connectivity index (χ1n) is 7.47. The molecule has 3 aromatic rings. The molecule has 0 amide bonds. The lowest BCUT2D eigenvalue weighted by Gasteiger charge is -2.02. The monoisotopic (exact) mass is 337 g/mol. The Kier molecular flexibility index (Phi) is 5.14. The summed E-state index contributed by atoms with van der Waals surface area (Å²) in [5, 5.41) is 17.7. The highest BCUT2D eigenvalue weighted by molar-refractivity contribution is 7.98. The maximum absolute atomic E-state index is 9.11. The van der Waals surface area contributed by atoms with Crippen LogP contribution in [0.5, 0.6) is 5.75 Å². The molecule has 0 spiro atoms. The van der Waals surface area contributed by atoms with Crippen LogP contribution in [0.25, 0.3) is 11.5 Å².